The van der Waals surface area contributed by atoms with Gasteiger partial charge in [-0.05, 0) is 43.7 Å². The highest BCUT2D eigenvalue weighted by atomic mass is 32.2. The lowest BCUT2D eigenvalue weighted by Crippen LogP contribution is -2.39. The fourth-order valence-corrected chi connectivity index (χ4v) is 5.32. The summed E-state index contributed by atoms with van der Waals surface area (Å²) in [6.45, 7) is 3.93. The van der Waals surface area contributed by atoms with Crippen LogP contribution in [0.4, 0.5) is 11.4 Å². The fourth-order valence-electron chi connectivity index (χ4n) is 3.70. The van der Waals surface area contributed by atoms with E-state index >= 15 is 0 Å². The number of nitro benzene ring substituents is 1. The summed E-state index contributed by atoms with van der Waals surface area (Å²) >= 11 is 0. The Hall–Kier alpha value is -1.71. The molecule has 2 fully saturated rings. The summed E-state index contributed by atoms with van der Waals surface area (Å²) < 4.78 is 27.2. The maximum Gasteiger partial charge on any atom is 0.293 e. The van der Waals surface area contributed by atoms with E-state index in [0.717, 1.165) is 12.8 Å². The number of nitrogens with zero attached hydrogens (tertiary/aromatic N) is 3. The molecule has 0 bridgehead atoms. The Kier molecular flexibility index (Phi) is 5.50. The third kappa shape index (κ3) is 3.84. The predicted molar refractivity (Wildman–Crippen MR) is 97.7 cm³/mol. The zero-order valence-corrected chi connectivity index (χ0v) is 15.7. The molecule has 3 rings (SSSR count). The summed E-state index contributed by atoms with van der Waals surface area (Å²) in [6, 6.07) is 4.16. The van der Waals surface area contributed by atoms with Gasteiger partial charge in [-0.1, -0.05) is 6.92 Å². The molecule has 9 heteroatoms. The van der Waals surface area contributed by atoms with E-state index in [9.17, 15) is 23.6 Å². The van der Waals surface area contributed by atoms with Crippen LogP contribution in [0.15, 0.2) is 23.1 Å². The average molecular weight is 383 g/mol. The van der Waals surface area contributed by atoms with Crippen LogP contribution in [0.2, 0.25) is 0 Å². The molecule has 8 nitrogen and oxygen atoms in total. The molecule has 2 aliphatic rings. The van der Waals surface area contributed by atoms with E-state index in [2.05, 4.69) is 0 Å². The van der Waals surface area contributed by atoms with Crippen LogP contribution < -0.4 is 4.90 Å². The molecule has 1 aromatic carbocycles. The van der Waals surface area contributed by atoms with Crippen molar-refractivity contribution in [2.75, 3.05) is 31.1 Å². The van der Waals surface area contributed by atoms with Crippen LogP contribution >= 0.6 is 0 Å². The third-order valence-corrected chi connectivity index (χ3v) is 7.07. The van der Waals surface area contributed by atoms with Gasteiger partial charge in [0.1, 0.15) is 5.69 Å². The van der Waals surface area contributed by atoms with Crippen molar-refractivity contribution in [1.29, 1.82) is 0 Å². The van der Waals surface area contributed by atoms with Crippen molar-refractivity contribution in [3.8, 4) is 0 Å². The van der Waals surface area contributed by atoms with E-state index in [1.807, 2.05) is 11.8 Å². The molecular formula is C17H25N3O5S. The predicted octanol–water partition coefficient (Wildman–Crippen LogP) is 1.98. The first kappa shape index (κ1) is 19.1. The summed E-state index contributed by atoms with van der Waals surface area (Å²) in [5.74, 6) is 0.285. The maximum absolute atomic E-state index is 12.9. The number of benzene rings is 1. The number of aliphatic hydroxyl groups excluding tert-OH is 1. The van der Waals surface area contributed by atoms with Gasteiger partial charge in [-0.3, -0.25) is 10.1 Å². The molecular weight excluding hydrogens is 358 g/mol. The SMILES string of the molecule is CC1CCCN(S(=O)(=O)c2ccc(N3CCC(O)CC3)c([N+](=O)[O-])c2)C1. The molecule has 0 amide bonds. The number of hydrogen-bond donors (Lipinski definition) is 1. The second kappa shape index (κ2) is 7.50. The van der Waals surface area contributed by atoms with Crippen LogP contribution in [-0.2, 0) is 10.0 Å². The Balaban J connectivity index is 1.92. The molecule has 144 valence electrons. The van der Waals surface area contributed by atoms with E-state index in [0.29, 0.717) is 44.7 Å². The first-order chi connectivity index (χ1) is 12.3. The summed E-state index contributed by atoms with van der Waals surface area (Å²) in [5.41, 5.74) is 0.209. The number of anilines is 1. The second-order valence-corrected chi connectivity index (χ2v) is 9.17. The molecule has 1 unspecified atom stereocenters. The molecule has 0 spiro atoms. The fraction of sp³-hybridized carbons (Fsp3) is 0.647. The van der Waals surface area contributed by atoms with Gasteiger partial charge in [-0.15, -0.1) is 0 Å². The molecule has 0 aliphatic carbocycles. The quantitative estimate of drug-likeness (QED) is 0.630. The Morgan fingerprint density at radius 1 is 1.19 bits per heavy atom. The highest BCUT2D eigenvalue weighted by Gasteiger charge is 2.32. The van der Waals surface area contributed by atoms with Crippen molar-refractivity contribution in [3.05, 3.63) is 28.3 Å². The van der Waals surface area contributed by atoms with Gasteiger partial charge >= 0.3 is 0 Å². The van der Waals surface area contributed by atoms with Gasteiger partial charge in [0.2, 0.25) is 10.0 Å². The summed E-state index contributed by atoms with van der Waals surface area (Å²) in [6.07, 6.45) is 2.50. The molecule has 0 aromatic heterocycles. The largest absolute Gasteiger partial charge is 0.393 e. The van der Waals surface area contributed by atoms with Gasteiger partial charge in [-0.25, -0.2) is 8.42 Å². The number of piperidine rings is 2. The molecule has 2 saturated heterocycles. The first-order valence-electron chi connectivity index (χ1n) is 9.00. The van der Waals surface area contributed by atoms with Crippen LogP contribution in [0, 0.1) is 16.0 Å². The maximum atomic E-state index is 12.9. The van der Waals surface area contributed by atoms with Gasteiger partial charge in [0.15, 0.2) is 0 Å². The summed E-state index contributed by atoms with van der Waals surface area (Å²) in [5, 5.41) is 21.2. The number of rotatable bonds is 4. The van der Waals surface area contributed by atoms with Crippen LogP contribution in [-0.4, -0.2) is 55.0 Å². The Labute approximate surface area is 153 Å². The van der Waals surface area contributed by atoms with E-state index in [1.54, 1.807) is 0 Å². The third-order valence-electron chi connectivity index (χ3n) is 5.21. The normalized spacial score (nSPS) is 23.2. The summed E-state index contributed by atoms with van der Waals surface area (Å²) in [4.78, 5) is 12.8. The number of sulfonamides is 1. The van der Waals surface area contributed by atoms with Crippen molar-refractivity contribution in [1.82, 2.24) is 4.31 Å². The lowest BCUT2D eigenvalue weighted by molar-refractivity contribution is -0.384. The van der Waals surface area contributed by atoms with E-state index < -0.39 is 14.9 Å². The Morgan fingerprint density at radius 2 is 1.88 bits per heavy atom. The zero-order chi connectivity index (χ0) is 18.9. The van der Waals surface area contributed by atoms with Gasteiger partial charge < -0.3 is 10.0 Å². The van der Waals surface area contributed by atoms with Crippen LogP contribution in [0.1, 0.15) is 32.6 Å². The second-order valence-electron chi connectivity index (χ2n) is 7.24. The topological polar surface area (TPSA) is 104 Å². The number of aliphatic hydroxyl groups is 1. The molecule has 2 heterocycles. The highest BCUT2D eigenvalue weighted by Crippen LogP contribution is 2.34. The van der Waals surface area contributed by atoms with Crippen molar-refractivity contribution < 1.29 is 18.4 Å². The van der Waals surface area contributed by atoms with Crippen LogP contribution in [0.5, 0.6) is 0 Å². The van der Waals surface area contributed by atoms with Crippen molar-refractivity contribution in [2.45, 2.75) is 43.6 Å². The molecule has 2 aliphatic heterocycles. The molecule has 1 atom stereocenters. The van der Waals surface area contributed by atoms with E-state index in [-0.39, 0.29) is 22.6 Å². The van der Waals surface area contributed by atoms with Crippen molar-refractivity contribution in [2.24, 2.45) is 5.92 Å². The van der Waals surface area contributed by atoms with Gasteiger partial charge in [0.05, 0.1) is 15.9 Å². The minimum absolute atomic E-state index is 0.0286. The lowest BCUT2D eigenvalue weighted by atomic mass is 10.0. The number of hydrogen-bond acceptors (Lipinski definition) is 6. The lowest BCUT2D eigenvalue weighted by Gasteiger charge is -2.32. The minimum atomic E-state index is -3.74. The van der Waals surface area contributed by atoms with E-state index in [4.69, 9.17) is 0 Å². The Bertz CT molecular complexity index is 775. The zero-order valence-electron chi connectivity index (χ0n) is 14.9. The smallest absolute Gasteiger partial charge is 0.293 e. The molecule has 0 radical (unpaired) electrons. The van der Waals surface area contributed by atoms with Crippen molar-refractivity contribution >= 4 is 21.4 Å². The van der Waals surface area contributed by atoms with Gasteiger partial charge in [-0.2, -0.15) is 4.31 Å². The standard InChI is InChI=1S/C17H25N3O5S/c1-13-3-2-8-19(12-13)26(24,25)15-4-5-16(17(11-15)20(22)23)18-9-6-14(21)7-10-18/h4-5,11,13-14,21H,2-3,6-10,12H2,1H3. The van der Waals surface area contributed by atoms with Crippen LogP contribution in [0.3, 0.4) is 0 Å². The monoisotopic (exact) mass is 383 g/mol. The number of nitro groups is 1. The molecule has 1 N–H and O–H groups in total. The van der Waals surface area contributed by atoms with Crippen LogP contribution in [0.25, 0.3) is 0 Å². The highest BCUT2D eigenvalue weighted by molar-refractivity contribution is 7.89. The molecule has 1 aromatic rings. The average Bonchev–Trinajstić information content (AvgIpc) is 2.62. The Morgan fingerprint density at radius 3 is 2.50 bits per heavy atom. The first-order valence-corrected chi connectivity index (χ1v) is 10.4. The van der Waals surface area contributed by atoms with Gasteiger partial charge in [0.25, 0.3) is 5.69 Å². The molecule has 26 heavy (non-hydrogen) atoms. The minimum Gasteiger partial charge on any atom is -0.393 e. The van der Waals surface area contributed by atoms with Crippen molar-refractivity contribution in [3.63, 3.8) is 0 Å². The van der Waals surface area contributed by atoms with E-state index in [1.165, 1.54) is 22.5 Å². The molecule has 0 saturated carbocycles. The summed E-state index contributed by atoms with van der Waals surface area (Å²) in [7, 11) is -3.74. The van der Waals surface area contributed by atoms with Gasteiger partial charge in [0, 0.05) is 32.2 Å².